The Bertz CT molecular complexity index is 587. The smallest absolute Gasteiger partial charge is 0.300 e. The third kappa shape index (κ3) is 2.17. The number of carbonyl (C=O) groups is 2. The predicted octanol–water partition coefficient (Wildman–Crippen LogP) is 2.13. The summed E-state index contributed by atoms with van der Waals surface area (Å²) in [5.74, 6) is -0.730. The minimum atomic E-state index is -0.424. The van der Waals surface area contributed by atoms with Gasteiger partial charge in [-0.1, -0.05) is 24.3 Å². The van der Waals surface area contributed by atoms with Gasteiger partial charge in [-0.05, 0) is 24.5 Å². The predicted molar refractivity (Wildman–Crippen MR) is 72.7 cm³/mol. The molecule has 98 valence electrons. The number of anilines is 1. The van der Waals surface area contributed by atoms with E-state index in [0.29, 0.717) is 12.1 Å². The molecule has 0 saturated heterocycles. The molecule has 1 heterocycles. The van der Waals surface area contributed by atoms with E-state index in [0.717, 1.165) is 16.0 Å². The Morgan fingerprint density at radius 1 is 1.37 bits per heavy atom. The molecule has 0 unspecified atom stereocenters. The number of para-hydroxylation sites is 1. The van der Waals surface area contributed by atoms with E-state index in [2.05, 4.69) is 6.58 Å². The first-order valence-corrected chi connectivity index (χ1v) is 5.93. The van der Waals surface area contributed by atoms with Crippen molar-refractivity contribution >= 4 is 17.5 Å². The maximum absolute atomic E-state index is 12.1. The molecule has 4 heteroatoms. The molecule has 0 bridgehead atoms. The Labute approximate surface area is 112 Å². The lowest BCUT2D eigenvalue weighted by Crippen LogP contribution is -2.32. The molecule has 0 saturated carbocycles. The number of hydrogen-bond acceptors (Lipinski definition) is 3. The van der Waals surface area contributed by atoms with E-state index in [1.54, 1.807) is 6.08 Å². The standard InChI is InChI=1S/C15H15NO3/c1-4-6-11-8-5-7-10(2)14(11)16-13(17)9-12(19-3)15(16)18/h4-5,7-9H,1,6H2,2-3H3. The summed E-state index contributed by atoms with van der Waals surface area (Å²) in [7, 11) is 1.38. The molecule has 2 rings (SSSR count). The van der Waals surface area contributed by atoms with Gasteiger partial charge in [0.25, 0.3) is 5.91 Å². The van der Waals surface area contributed by atoms with E-state index in [1.165, 1.54) is 13.2 Å². The summed E-state index contributed by atoms with van der Waals surface area (Å²) in [5, 5.41) is 0. The van der Waals surface area contributed by atoms with Crippen LogP contribution in [0.3, 0.4) is 0 Å². The van der Waals surface area contributed by atoms with Crippen LogP contribution < -0.4 is 4.90 Å². The van der Waals surface area contributed by atoms with E-state index < -0.39 is 5.91 Å². The number of ether oxygens (including phenoxy) is 1. The summed E-state index contributed by atoms with van der Waals surface area (Å²) < 4.78 is 4.91. The molecule has 0 aromatic heterocycles. The van der Waals surface area contributed by atoms with Crippen molar-refractivity contribution in [1.29, 1.82) is 0 Å². The molecule has 0 fully saturated rings. The quantitative estimate of drug-likeness (QED) is 0.613. The highest BCUT2D eigenvalue weighted by Gasteiger charge is 2.35. The second kappa shape index (κ2) is 5.10. The van der Waals surface area contributed by atoms with E-state index in [9.17, 15) is 9.59 Å². The Balaban J connectivity index is 2.51. The molecule has 0 N–H and O–H groups in total. The maximum Gasteiger partial charge on any atom is 0.300 e. The number of imide groups is 1. The molecular weight excluding hydrogens is 242 g/mol. The van der Waals surface area contributed by atoms with Gasteiger partial charge < -0.3 is 4.74 Å². The number of hydrogen-bond donors (Lipinski definition) is 0. The van der Waals surface area contributed by atoms with Gasteiger partial charge in [-0.3, -0.25) is 9.59 Å². The van der Waals surface area contributed by atoms with Crippen molar-refractivity contribution in [2.24, 2.45) is 0 Å². The van der Waals surface area contributed by atoms with Crippen molar-refractivity contribution in [2.75, 3.05) is 12.0 Å². The van der Waals surface area contributed by atoms with Gasteiger partial charge in [0, 0.05) is 0 Å². The van der Waals surface area contributed by atoms with Crippen molar-refractivity contribution in [1.82, 2.24) is 0 Å². The van der Waals surface area contributed by atoms with Crippen LogP contribution in [0.5, 0.6) is 0 Å². The van der Waals surface area contributed by atoms with Crippen molar-refractivity contribution in [2.45, 2.75) is 13.3 Å². The Morgan fingerprint density at radius 3 is 2.68 bits per heavy atom. The molecule has 19 heavy (non-hydrogen) atoms. The molecule has 0 atom stereocenters. The average Bonchev–Trinajstić information content (AvgIpc) is 2.66. The summed E-state index contributed by atoms with van der Waals surface area (Å²) in [6.07, 6.45) is 3.55. The number of benzene rings is 1. The summed E-state index contributed by atoms with van der Waals surface area (Å²) in [4.78, 5) is 25.3. The Morgan fingerprint density at radius 2 is 2.11 bits per heavy atom. The first-order valence-electron chi connectivity index (χ1n) is 5.93. The number of amides is 2. The summed E-state index contributed by atoms with van der Waals surface area (Å²) >= 11 is 0. The molecule has 0 aliphatic carbocycles. The lowest BCUT2D eigenvalue weighted by molar-refractivity contribution is -0.121. The van der Waals surface area contributed by atoms with Crippen LogP contribution in [0.2, 0.25) is 0 Å². The highest BCUT2D eigenvalue weighted by atomic mass is 16.5. The zero-order valence-corrected chi connectivity index (χ0v) is 11.0. The highest BCUT2D eigenvalue weighted by molar-refractivity contribution is 6.30. The number of aryl methyl sites for hydroxylation is 1. The van der Waals surface area contributed by atoms with Crippen LogP contribution in [0, 0.1) is 6.92 Å². The molecular formula is C15H15NO3. The van der Waals surface area contributed by atoms with Crippen molar-refractivity contribution in [3.8, 4) is 0 Å². The largest absolute Gasteiger partial charge is 0.491 e. The first-order chi connectivity index (χ1) is 9.10. The van der Waals surface area contributed by atoms with Gasteiger partial charge in [0.1, 0.15) is 0 Å². The Hall–Kier alpha value is -2.36. The molecule has 0 radical (unpaired) electrons. The molecule has 2 amide bonds. The lowest BCUT2D eigenvalue weighted by atomic mass is 10.0. The molecule has 4 nitrogen and oxygen atoms in total. The van der Waals surface area contributed by atoms with E-state index in [-0.39, 0.29) is 11.7 Å². The average molecular weight is 257 g/mol. The second-order valence-corrected chi connectivity index (χ2v) is 4.27. The summed E-state index contributed by atoms with van der Waals surface area (Å²) in [6.45, 7) is 5.56. The van der Waals surface area contributed by atoms with Gasteiger partial charge in [0.2, 0.25) is 0 Å². The van der Waals surface area contributed by atoms with Gasteiger partial charge in [-0.15, -0.1) is 6.58 Å². The van der Waals surface area contributed by atoms with E-state index in [4.69, 9.17) is 4.74 Å². The number of rotatable bonds is 4. The third-order valence-electron chi connectivity index (χ3n) is 3.02. The van der Waals surface area contributed by atoms with E-state index >= 15 is 0 Å². The maximum atomic E-state index is 12.1. The third-order valence-corrected chi connectivity index (χ3v) is 3.02. The lowest BCUT2D eigenvalue weighted by Gasteiger charge is -2.20. The highest BCUT2D eigenvalue weighted by Crippen LogP contribution is 2.30. The van der Waals surface area contributed by atoms with Crippen LogP contribution in [-0.4, -0.2) is 18.9 Å². The fourth-order valence-corrected chi connectivity index (χ4v) is 2.17. The van der Waals surface area contributed by atoms with Gasteiger partial charge in [0.15, 0.2) is 5.76 Å². The number of methoxy groups -OCH3 is 1. The topological polar surface area (TPSA) is 46.6 Å². The normalized spacial score (nSPS) is 14.6. The molecule has 1 aromatic carbocycles. The first kappa shape index (κ1) is 13.1. The molecule has 0 spiro atoms. The minimum absolute atomic E-state index is 0.0674. The molecule has 1 aliphatic rings. The summed E-state index contributed by atoms with van der Waals surface area (Å²) in [5.41, 5.74) is 2.38. The van der Waals surface area contributed by atoms with Crippen LogP contribution >= 0.6 is 0 Å². The number of allylic oxidation sites excluding steroid dienone is 1. The number of nitrogens with zero attached hydrogens (tertiary/aromatic N) is 1. The van der Waals surface area contributed by atoms with E-state index in [1.807, 2.05) is 25.1 Å². The summed E-state index contributed by atoms with van der Waals surface area (Å²) in [6, 6.07) is 5.65. The fraction of sp³-hybridized carbons (Fsp3) is 0.200. The van der Waals surface area contributed by atoms with Crippen LogP contribution in [0.1, 0.15) is 11.1 Å². The number of carbonyl (C=O) groups excluding carboxylic acids is 2. The van der Waals surface area contributed by atoms with Crippen LogP contribution in [0.15, 0.2) is 42.7 Å². The van der Waals surface area contributed by atoms with Crippen molar-refractivity contribution in [3.63, 3.8) is 0 Å². The van der Waals surface area contributed by atoms with Gasteiger partial charge in [0.05, 0.1) is 18.9 Å². The Kier molecular flexibility index (Phi) is 3.51. The zero-order valence-electron chi connectivity index (χ0n) is 11.0. The van der Waals surface area contributed by atoms with Gasteiger partial charge in [-0.2, -0.15) is 0 Å². The van der Waals surface area contributed by atoms with Crippen LogP contribution in [-0.2, 0) is 20.7 Å². The van der Waals surface area contributed by atoms with Crippen molar-refractivity contribution in [3.05, 3.63) is 53.8 Å². The monoisotopic (exact) mass is 257 g/mol. The van der Waals surface area contributed by atoms with Gasteiger partial charge in [-0.25, -0.2) is 4.90 Å². The molecule has 1 aliphatic heterocycles. The molecule has 1 aromatic rings. The van der Waals surface area contributed by atoms with Crippen LogP contribution in [0.25, 0.3) is 0 Å². The second-order valence-electron chi connectivity index (χ2n) is 4.27. The fourth-order valence-electron chi connectivity index (χ4n) is 2.17. The van der Waals surface area contributed by atoms with Crippen molar-refractivity contribution < 1.29 is 14.3 Å². The van der Waals surface area contributed by atoms with Gasteiger partial charge >= 0.3 is 5.91 Å². The minimum Gasteiger partial charge on any atom is -0.491 e. The van der Waals surface area contributed by atoms with Crippen LogP contribution in [0.4, 0.5) is 5.69 Å². The zero-order chi connectivity index (χ0) is 14.0. The SMILES string of the molecule is C=CCc1cccc(C)c1N1C(=O)C=C(OC)C1=O.